The van der Waals surface area contributed by atoms with Gasteiger partial charge in [-0.15, -0.1) is 0 Å². The van der Waals surface area contributed by atoms with Gasteiger partial charge in [0.15, 0.2) is 5.11 Å². The fourth-order valence-corrected chi connectivity index (χ4v) is 4.31. The van der Waals surface area contributed by atoms with Crippen molar-refractivity contribution in [2.45, 2.75) is 19.9 Å². The summed E-state index contributed by atoms with van der Waals surface area (Å²) < 4.78 is 0. The van der Waals surface area contributed by atoms with Gasteiger partial charge < -0.3 is 15.1 Å². The molecular weight excluding hydrogens is 402 g/mol. The standard InChI is InChI=1S/C22H24ClN5S/c1-15(2)19-14-27(21-10-4-9-20(23)26-21)12-13-28(19)22(29)25-18-8-3-7-17-16(18)6-5-11-24-17/h3-11,15,19H,12-14H2,1-2H3,(H,25,29). The summed E-state index contributed by atoms with van der Waals surface area (Å²) in [5.74, 6) is 1.35. The Kier molecular flexibility index (Phi) is 5.83. The molecule has 0 radical (unpaired) electrons. The molecule has 1 N–H and O–H groups in total. The smallest absolute Gasteiger partial charge is 0.173 e. The molecule has 0 spiro atoms. The number of halogens is 1. The van der Waals surface area contributed by atoms with E-state index in [4.69, 9.17) is 23.8 Å². The van der Waals surface area contributed by atoms with Crippen molar-refractivity contribution in [1.82, 2.24) is 14.9 Å². The summed E-state index contributed by atoms with van der Waals surface area (Å²) in [6.45, 7) is 6.99. The second kappa shape index (κ2) is 8.51. The Hall–Kier alpha value is -2.44. The molecule has 0 saturated carbocycles. The van der Waals surface area contributed by atoms with Crippen molar-refractivity contribution >= 4 is 51.3 Å². The van der Waals surface area contributed by atoms with Crippen molar-refractivity contribution in [3.8, 4) is 0 Å². The Morgan fingerprint density at radius 3 is 2.76 bits per heavy atom. The van der Waals surface area contributed by atoms with E-state index >= 15 is 0 Å². The maximum absolute atomic E-state index is 6.10. The molecule has 29 heavy (non-hydrogen) atoms. The van der Waals surface area contributed by atoms with Crippen LogP contribution in [0.1, 0.15) is 13.8 Å². The van der Waals surface area contributed by atoms with Crippen LogP contribution in [0.3, 0.4) is 0 Å². The lowest BCUT2D eigenvalue weighted by Gasteiger charge is -2.45. The number of benzene rings is 1. The van der Waals surface area contributed by atoms with E-state index in [-0.39, 0.29) is 6.04 Å². The molecule has 1 saturated heterocycles. The Bertz CT molecular complexity index is 1020. The monoisotopic (exact) mass is 425 g/mol. The van der Waals surface area contributed by atoms with E-state index in [1.807, 2.05) is 42.6 Å². The number of nitrogens with zero attached hydrogens (tertiary/aromatic N) is 4. The zero-order chi connectivity index (χ0) is 20.4. The molecule has 3 heterocycles. The van der Waals surface area contributed by atoms with E-state index in [0.717, 1.165) is 47.2 Å². The maximum Gasteiger partial charge on any atom is 0.173 e. The first-order valence-corrected chi connectivity index (χ1v) is 10.6. The highest BCUT2D eigenvalue weighted by Crippen LogP contribution is 2.26. The molecule has 1 aliphatic rings. The van der Waals surface area contributed by atoms with Crippen molar-refractivity contribution in [2.75, 3.05) is 29.9 Å². The van der Waals surface area contributed by atoms with Gasteiger partial charge in [0.05, 0.1) is 11.6 Å². The van der Waals surface area contributed by atoms with Crippen LogP contribution in [-0.4, -0.2) is 45.7 Å². The lowest BCUT2D eigenvalue weighted by molar-refractivity contribution is 0.227. The third-order valence-corrected chi connectivity index (χ3v) is 5.91. The van der Waals surface area contributed by atoms with E-state index in [9.17, 15) is 0 Å². The average molecular weight is 426 g/mol. The van der Waals surface area contributed by atoms with Gasteiger partial charge in [0.25, 0.3) is 0 Å². The molecule has 0 aliphatic carbocycles. The fraction of sp³-hybridized carbons (Fsp3) is 0.318. The maximum atomic E-state index is 6.10. The van der Waals surface area contributed by atoms with Crippen molar-refractivity contribution in [1.29, 1.82) is 0 Å². The van der Waals surface area contributed by atoms with Crippen molar-refractivity contribution in [3.05, 3.63) is 59.9 Å². The molecule has 150 valence electrons. The van der Waals surface area contributed by atoms with Crippen LogP contribution < -0.4 is 10.2 Å². The molecule has 1 atom stereocenters. The Labute approximate surface area is 181 Å². The van der Waals surface area contributed by atoms with Gasteiger partial charge in [-0.25, -0.2) is 4.98 Å². The minimum absolute atomic E-state index is 0.276. The lowest BCUT2D eigenvalue weighted by atomic mass is 10.00. The van der Waals surface area contributed by atoms with Gasteiger partial charge in [-0.3, -0.25) is 4.98 Å². The van der Waals surface area contributed by atoms with Crippen LogP contribution in [0, 0.1) is 5.92 Å². The van der Waals surface area contributed by atoms with Gasteiger partial charge in [-0.1, -0.05) is 37.6 Å². The lowest BCUT2D eigenvalue weighted by Crippen LogP contribution is -2.58. The van der Waals surface area contributed by atoms with Crippen LogP contribution in [0.25, 0.3) is 10.9 Å². The van der Waals surface area contributed by atoms with Crippen molar-refractivity contribution in [2.24, 2.45) is 5.92 Å². The number of fused-ring (bicyclic) bond motifs is 1. The molecule has 5 nitrogen and oxygen atoms in total. The molecular formula is C22H24ClN5S. The first-order chi connectivity index (χ1) is 14.0. The molecule has 4 rings (SSSR count). The van der Waals surface area contributed by atoms with E-state index in [2.05, 4.69) is 45.0 Å². The van der Waals surface area contributed by atoms with Crippen LogP contribution in [0.15, 0.2) is 54.7 Å². The molecule has 1 fully saturated rings. The number of piperazine rings is 1. The molecule has 1 aromatic carbocycles. The second-order valence-electron chi connectivity index (χ2n) is 7.58. The molecule has 1 aliphatic heterocycles. The van der Waals surface area contributed by atoms with Gasteiger partial charge >= 0.3 is 0 Å². The topological polar surface area (TPSA) is 44.3 Å². The number of anilines is 2. The molecule has 0 amide bonds. The summed E-state index contributed by atoms with van der Waals surface area (Å²) in [5.41, 5.74) is 1.94. The number of thiocarbonyl (C=S) groups is 1. The summed E-state index contributed by atoms with van der Waals surface area (Å²) in [5, 5.41) is 5.80. The SMILES string of the molecule is CC(C)C1CN(c2cccc(Cl)n2)CCN1C(=S)Nc1cccc2ncccc12. The van der Waals surface area contributed by atoms with Crippen LogP contribution >= 0.6 is 23.8 Å². The third-order valence-electron chi connectivity index (χ3n) is 5.36. The van der Waals surface area contributed by atoms with Crippen LogP contribution in [0.5, 0.6) is 0 Å². The summed E-state index contributed by atoms with van der Waals surface area (Å²) in [6.07, 6.45) is 1.81. The predicted octanol–water partition coefficient (Wildman–Crippen LogP) is 4.83. The highest BCUT2D eigenvalue weighted by atomic mass is 35.5. The predicted molar refractivity (Wildman–Crippen MR) is 125 cm³/mol. The second-order valence-corrected chi connectivity index (χ2v) is 8.35. The largest absolute Gasteiger partial charge is 0.353 e. The quantitative estimate of drug-likeness (QED) is 0.479. The van der Waals surface area contributed by atoms with Crippen molar-refractivity contribution in [3.63, 3.8) is 0 Å². The van der Waals surface area contributed by atoms with Crippen LogP contribution in [0.2, 0.25) is 5.15 Å². The molecule has 7 heteroatoms. The van der Waals surface area contributed by atoms with Crippen LogP contribution in [0.4, 0.5) is 11.5 Å². The molecule has 0 bridgehead atoms. The Morgan fingerprint density at radius 1 is 1.14 bits per heavy atom. The first kappa shape index (κ1) is 19.9. The summed E-state index contributed by atoms with van der Waals surface area (Å²) >= 11 is 11.9. The third kappa shape index (κ3) is 4.28. The summed E-state index contributed by atoms with van der Waals surface area (Å²) in [7, 11) is 0. The van der Waals surface area contributed by atoms with Crippen LogP contribution in [-0.2, 0) is 0 Å². The number of aromatic nitrogens is 2. The number of rotatable bonds is 3. The van der Waals surface area contributed by atoms with E-state index in [1.165, 1.54) is 0 Å². The van der Waals surface area contributed by atoms with Gasteiger partial charge in [0.2, 0.25) is 0 Å². The Morgan fingerprint density at radius 2 is 1.97 bits per heavy atom. The first-order valence-electron chi connectivity index (χ1n) is 9.82. The van der Waals surface area contributed by atoms with E-state index in [1.54, 1.807) is 6.07 Å². The number of pyridine rings is 2. The fourth-order valence-electron chi connectivity index (χ4n) is 3.81. The van der Waals surface area contributed by atoms with E-state index in [0.29, 0.717) is 11.1 Å². The van der Waals surface area contributed by atoms with Gasteiger partial charge in [-0.2, -0.15) is 0 Å². The number of nitrogens with one attached hydrogen (secondary N) is 1. The number of hydrogen-bond acceptors (Lipinski definition) is 4. The highest BCUT2D eigenvalue weighted by molar-refractivity contribution is 7.80. The summed E-state index contributed by atoms with van der Waals surface area (Å²) in [4.78, 5) is 13.5. The highest BCUT2D eigenvalue weighted by Gasteiger charge is 2.31. The average Bonchev–Trinajstić information content (AvgIpc) is 2.73. The minimum atomic E-state index is 0.276. The number of hydrogen-bond donors (Lipinski definition) is 1. The molecule has 2 aromatic heterocycles. The molecule has 1 unspecified atom stereocenters. The van der Waals surface area contributed by atoms with Gasteiger partial charge in [-0.05, 0) is 54.5 Å². The Balaban J connectivity index is 1.53. The summed E-state index contributed by atoms with van der Waals surface area (Å²) in [6, 6.07) is 16.1. The van der Waals surface area contributed by atoms with Gasteiger partial charge in [0, 0.05) is 36.9 Å². The van der Waals surface area contributed by atoms with Gasteiger partial charge in [0.1, 0.15) is 11.0 Å². The zero-order valence-electron chi connectivity index (χ0n) is 16.5. The van der Waals surface area contributed by atoms with E-state index < -0.39 is 0 Å². The van der Waals surface area contributed by atoms with Crippen molar-refractivity contribution < 1.29 is 0 Å². The zero-order valence-corrected chi connectivity index (χ0v) is 18.1. The molecule has 3 aromatic rings. The normalized spacial score (nSPS) is 17.0. The minimum Gasteiger partial charge on any atom is -0.353 e.